The van der Waals surface area contributed by atoms with Gasteiger partial charge in [0.2, 0.25) is 0 Å². The fourth-order valence-corrected chi connectivity index (χ4v) is 5.14. The zero-order chi connectivity index (χ0) is 18.4. The van der Waals surface area contributed by atoms with E-state index in [1.165, 1.54) is 16.5 Å². The van der Waals surface area contributed by atoms with E-state index >= 15 is 0 Å². The summed E-state index contributed by atoms with van der Waals surface area (Å²) in [6, 6.07) is 7.08. The number of hydrogen-bond acceptors (Lipinski definition) is 2. The summed E-state index contributed by atoms with van der Waals surface area (Å²) < 4.78 is 0. The minimum absolute atomic E-state index is 0.0474. The molecule has 0 saturated carbocycles. The molecule has 2 heterocycles. The Bertz CT molecular complexity index is 829. The van der Waals surface area contributed by atoms with Crippen LogP contribution < -0.4 is 5.32 Å². The molecule has 2 amide bonds. The van der Waals surface area contributed by atoms with Crippen LogP contribution in [-0.4, -0.2) is 59.6 Å². The molecule has 0 radical (unpaired) electrons. The van der Waals surface area contributed by atoms with Crippen molar-refractivity contribution in [1.29, 1.82) is 0 Å². The van der Waals surface area contributed by atoms with Gasteiger partial charge in [0.1, 0.15) is 5.15 Å². The molecular weight excluding hydrogens is 348 g/mol. The molecule has 140 valence electrons. The number of hydrogen-bond donors (Lipinski definition) is 2. The van der Waals surface area contributed by atoms with Gasteiger partial charge < -0.3 is 20.1 Å². The van der Waals surface area contributed by atoms with E-state index in [2.05, 4.69) is 40.4 Å². The molecule has 26 heavy (non-hydrogen) atoms. The lowest BCUT2D eigenvalue weighted by Gasteiger charge is -2.46. The topological polar surface area (TPSA) is 51.4 Å². The number of fused-ring (bicyclic) bond motifs is 2. The van der Waals surface area contributed by atoms with E-state index in [9.17, 15) is 4.79 Å². The standard InChI is InChI=1S/C20H27ClN4O/c1-4-25(5-2)20(26)22-12-9-14-13-7-6-8-16-18(13)15(19(21)23-16)10-17(14)24(3)11-12/h6-8,12,14,17,23H,4-5,9-11H2,1-3H3,(H,22,26)/t12-,14+,17+/m0/s1. The van der Waals surface area contributed by atoms with Crippen molar-refractivity contribution in [2.75, 3.05) is 26.7 Å². The second-order valence-corrected chi connectivity index (χ2v) is 7.94. The molecule has 1 saturated heterocycles. The highest BCUT2D eigenvalue weighted by atomic mass is 35.5. The van der Waals surface area contributed by atoms with Gasteiger partial charge in [-0.05, 0) is 50.9 Å². The Morgan fingerprint density at radius 3 is 2.88 bits per heavy atom. The molecule has 1 fully saturated rings. The minimum atomic E-state index is 0.0474. The predicted molar refractivity (Wildman–Crippen MR) is 106 cm³/mol. The fourth-order valence-electron chi connectivity index (χ4n) is 4.87. The average molecular weight is 375 g/mol. The van der Waals surface area contributed by atoms with Crippen LogP contribution >= 0.6 is 11.6 Å². The Balaban J connectivity index is 1.63. The molecule has 0 bridgehead atoms. The molecule has 0 unspecified atom stereocenters. The Kier molecular flexibility index (Phi) is 4.61. The predicted octanol–water partition coefficient (Wildman–Crippen LogP) is 3.59. The van der Waals surface area contributed by atoms with Gasteiger partial charge in [-0.1, -0.05) is 23.7 Å². The first kappa shape index (κ1) is 17.7. The Morgan fingerprint density at radius 2 is 2.15 bits per heavy atom. The number of H-pyrrole nitrogens is 1. The number of amides is 2. The van der Waals surface area contributed by atoms with E-state index in [1.54, 1.807) is 0 Å². The SMILES string of the molecule is CCN(CC)C(=O)N[C@H]1C[C@@H]2c3cccc4[nH]c(Cl)c(c34)C[C@H]2N(C)C1. The van der Waals surface area contributed by atoms with Crippen LogP contribution in [0.15, 0.2) is 18.2 Å². The highest BCUT2D eigenvalue weighted by Crippen LogP contribution is 2.45. The molecule has 0 spiro atoms. The number of halogens is 1. The molecule has 3 atom stereocenters. The number of carbonyl (C=O) groups is 1. The zero-order valence-electron chi connectivity index (χ0n) is 15.7. The van der Waals surface area contributed by atoms with Crippen LogP contribution in [0.25, 0.3) is 10.9 Å². The number of likely N-dealkylation sites (N-methyl/N-ethyl adjacent to an activating group) is 1. The van der Waals surface area contributed by atoms with Crippen molar-refractivity contribution >= 4 is 28.5 Å². The van der Waals surface area contributed by atoms with Crippen LogP contribution in [0.3, 0.4) is 0 Å². The molecule has 1 aliphatic heterocycles. The molecule has 6 heteroatoms. The number of benzene rings is 1. The summed E-state index contributed by atoms with van der Waals surface area (Å²) in [6.07, 6.45) is 1.94. The Morgan fingerprint density at radius 1 is 1.38 bits per heavy atom. The summed E-state index contributed by atoms with van der Waals surface area (Å²) in [4.78, 5) is 20.1. The smallest absolute Gasteiger partial charge is 0.317 e. The summed E-state index contributed by atoms with van der Waals surface area (Å²) in [5.41, 5.74) is 3.74. The van der Waals surface area contributed by atoms with Gasteiger partial charge in [0.25, 0.3) is 0 Å². The van der Waals surface area contributed by atoms with Gasteiger partial charge in [-0.2, -0.15) is 0 Å². The van der Waals surface area contributed by atoms with Gasteiger partial charge in [-0.15, -0.1) is 0 Å². The molecule has 1 aromatic carbocycles. The first-order chi connectivity index (χ1) is 12.5. The number of nitrogens with zero attached hydrogens (tertiary/aromatic N) is 2. The molecule has 2 aromatic rings. The summed E-state index contributed by atoms with van der Waals surface area (Å²) in [5, 5.41) is 5.33. The third-order valence-corrected chi connectivity index (χ3v) is 6.50. The zero-order valence-corrected chi connectivity index (χ0v) is 16.4. The van der Waals surface area contributed by atoms with Gasteiger partial charge in [-0.25, -0.2) is 4.79 Å². The van der Waals surface area contributed by atoms with Gasteiger partial charge in [0.15, 0.2) is 0 Å². The number of rotatable bonds is 3. The van der Waals surface area contributed by atoms with Crippen LogP contribution in [0, 0.1) is 0 Å². The van der Waals surface area contributed by atoms with E-state index in [1.807, 2.05) is 18.7 Å². The lowest BCUT2D eigenvalue weighted by molar-refractivity contribution is 0.124. The number of likely N-dealkylation sites (tertiary alicyclic amines) is 1. The van der Waals surface area contributed by atoms with Gasteiger partial charge in [-0.3, -0.25) is 0 Å². The van der Waals surface area contributed by atoms with Crippen LogP contribution in [0.4, 0.5) is 4.79 Å². The van der Waals surface area contributed by atoms with E-state index in [4.69, 9.17) is 11.6 Å². The fraction of sp³-hybridized carbons (Fsp3) is 0.550. The maximum atomic E-state index is 12.5. The first-order valence-corrected chi connectivity index (χ1v) is 9.95. The first-order valence-electron chi connectivity index (χ1n) is 9.58. The van der Waals surface area contributed by atoms with E-state index in [0.717, 1.165) is 43.1 Å². The van der Waals surface area contributed by atoms with E-state index < -0.39 is 0 Å². The maximum absolute atomic E-state index is 12.5. The maximum Gasteiger partial charge on any atom is 0.317 e. The Labute approximate surface area is 159 Å². The van der Waals surface area contributed by atoms with Gasteiger partial charge in [0, 0.05) is 48.5 Å². The number of nitrogens with one attached hydrogen (secondary N) is 2. The summed E-state index contributed by atoms with van der Waals surface area (Å²) in [7, 11) is 2.17. The van der Waals surface area contributed by atoms with Crippen molar-refractivity contribution in [3.8, 4) is 0 Å². The largest absolute Gasteiger partial charge is 0.345 e. The van der Waals surface area contributed by atoms with E-state index in [-0.39, 0.29) is 12.1 Å². The van der Waals surface area contributed by atoms with Crippen LogP contribution in [0.2, 0.25) is 5.15 Å². The lowest BCUT2D eigenvalue weighted by Crippen LogP contribution is -2.56. The second kappa shape index (κ2) is 6.78. The monoisotopic (exact) mass is 374 g/mol. The average Bonchev–Trinajstić information content (AvgIpc) is 2.94. The van der Waals surface area contributed by atoms with Gasteiger partial charge in [0.05, 0.1) is 0 Å². The molecule has 1 aliphatic carbocycles. The molecule has 4 rings (SSSR count). The third kappa shape index (κ3) is 2.78. The summed E-state index contributed by atoms with van der Waals surface area (Å²) in [5.74, 6) is 0.416. The lowest BCUT2D eigenvalue weighted by atomic mass is 9.74. The minimum Gasteiger partial charge on any atom is -0.345 e. The van der Waals surface area contributed by atoms with Crippen molar-refractivity contribution in [2.45, 2.75) is 44.7 Å². The van der Waals surface area contributed by atoms with Crippen molar-refractivity contribution in [3.05, 3.63) is 34.5 Å². The highest BCUT2D eigenvalue weighted by molar-refractivity contribution is 6.32. The second-order valence-electron chi connectivity index (χ2n) is 7.56. The number of carbonyl (C=O) groups excluding carboxylic acids is 1. The molecule has 5 nitrogen and oxygen atoms in total. The summed E-state index contributed by atoms with van der Waals surface area (Å²) >= 11 is 6.48. The molecule has 1 aromatic heterocycles. The van der Waals surface area contributed by atoms with Crippen molar-refractivity contribution in [1.82, 2.24) is 20.1 Å². The van der Waals surface area contributed by atoms with E-state index in [0.29, 0.717) is 12.0 Å². The van der Waals surface area contributed by atoms with Crippen molar-refractivity contribution in [3.63, 3.8) is 0 Å². The number of aromatic nitrogens is 1. The Hall–Kier alpha value is -1.72. The van der Waals surface area contributed by atoms with Crippen LogP contribution in [0.5, 0.6) is 0 Å². The number of urea groups is 1. The normalized spacial score (nSPS) is 25.2. The molecule has 2 N–H and O–H groups in total. The van der Waals surface area contributed by atoms with Crippen LogP contribution in [-0.2, 0) is 6.42 Å². The quantitative estimate of drug-likeness (QED) is 0.862. The molecule has 2 aliphatic rings. The number of aromatic amines is 1. The van der Waals surface area contributed by atoms with Gasteiger partial charge >= 0.3 is 6.03 Å². The van der Waals surface area contributed by atoms with Crippen molar-refractivity contribution in [2.24, 2.45) is 0 Å². The number of piperidine rings is 1. The third-order valence-electron chi connectivity index (χ3n) is 6.18. The van der Waals surface area contributed by atoms with Crippen molar-refractivity contribution < 1.29 is 4.79 Å². The molecular formula is C20H27ClN4O. The van der Waals surface area contributed by atoms with Crippen LogP contribution in [0.1, 0.15) is 37.3 Å². The highest BCUT2D eigenvalue weighted by Gasteiger charge is 2.40. The summed E-state index contributed by atoms with van der Waals surface area (Å²) in [6.45, 7) is 6.39.